The Balaban J connectivity index is 2.08. The highest BCUT2D eigenvalue weighted by molar-refractivity contribution is 5.89. The first kappa shape index (κ1) is 28.4. The van der Waals surface area contributed by atoms with E-state index in [2.05, 4.69) is 13.8 Å². The molecule has 0 radical (unpaired) electrons. The zero-order valence-corrected chi connectivity index (χ0v) is 22.4. The van der Waals surface area contributed by atoms with Crippen molar-refractivity contribution in [3.05, 3.63) is 55.6 Å². The van der Waals surface area contributed by atoms with E-state index in [1.165, 1.54) is 38.5 Å². The number of nitro groups is 2. The molecule has 0 saturated carbocycles. The number of hydrogen-bond donors (Lipinski definition) is 2. The Morgan fingerprint density at radius 1 is 0.622 bits per heavy atom. The number of nitrogens with zero attached hydrogens (tertiary/aromatic N) is 2. The SMILES string of the molecule is CCCCCCCCC1(CCCCCCCC)c2cc([N+](=O)[O-])c(N)cc2-c2cc(N)c([N+](=O)[O-])cc21. The van der Waals surface area contributed by atoms with Gasteiger partial charge >= 0.3 is 0 Å². The number of nitro benzene ring substituents is 2. The summed E-state index contributed by atoms with van der Waals surface area (Å²) in [6, 6.07) is 6.59. The van der Waals surface area contributed by atoms with Gasteiger partial charge in [-0.25, -0.2) is 0 Å². The van der Waals surface area contributed by atoms with Crippen LogP contribution in [-0.2, 0) is 5.41 Å². The minimum Gasteiger partial charge on any atom is -0.393 e. The van der Waals surface area contributed by atoms with Gasteiger partial charge in [-0.15, -0.1) is 0 Å². The van der Waals surface area contributed by atoms with Crippen molar-refractivity contribution >= 4 is 22.7 Å². The highest BCUT2D eigenvalue weighted by Crippen LogP contribution is 2.57. The molecule has 202 valence electrons. The third kappa shape index (κ3) is 6.22. The summed E-state index contributed by atoms with van der Waals surface area (Å²) in [6.45, 7) is 4.39. The lowest BCUT2D eigenvalue weighted by Crippen LogP contribution is -2.26. The van der Waals surface area contributed by atoms with Crippen LogP contribution >= 0.6 is 0 Å². The van der Waals surface area contributed by atoms with Crippen molar-refractivity contribution in [3.63, 3.8) is 0 Å². The number of anilines is 2. The molecule has 2 aromatic rings. The Hall–Kier alpha value is -3.16. The van der Waals surface area contributed by atoms with Gasteiger partial charge in [0, 0.05) is 17.5 Å². The van der Waals surface area contributed by atoms with Crippen LogP contribution in [0.25, 0.3) is 11.1 Å². The number of unbranched alkanes of at least 4 members (excludes halogenated alkanes) is 10. The number of nitrogens with two attached hydrogens (primary N) is 2. The van der Waals surface area contributed by atoms with Crippen LogP contribution in [0.3, 0.4) is 0 Å². The van der Waals surface area contributed by atoms with Crippen LogP contribution in [0, 0.1) is 20.2 Å². The summed E-state index contributed by atoms with van der Waals surface area (Å²) in [5.74, 6) is 0. The van der Waals surface area contributed by atoms with Crippen LogP contribution in [0.1, 0.15) is 115 Å². The molecular formula is C29H42N4O4. The maximum Gasteiger partial charge on any atom is 0.292 e. The number of rotatable bonds is 16. The molecule has 4 N–H and O–H groups in total. The fourth-order valence-corrected chi connectivity index (χ4v) is 5.99. The number of nitrogen functional groups attached to an aromatic ring is 2. The van der Waals surface area contributed by atoms with E-state index in [1.54, 1.807) is 24.3 Å². The third-order valence-corrected chi connectivity index (χ3v) is 7.96. The number of benzene rings is 2. The molecule has 1 aliphatic rings. The van der Waals surface area contributed by atoms with Gasteiger partial charge in [-0.3, -0.25) is 20.2 Å². The average Bonchev–Trinajstić information content (AvgIpc) is 3.10. The van der Waals surface area contributed by atoms with Gasteiger partial charge in [0.05, 0.1) is 9.85 Å². The molecule has 0 atom stereocenters. The maximum atomic E-state index is 11.8. The van der Waals surface area contributed by atoms with Gasteiger partial charge in [-0.1, -0.05) is 90.9 Å². The molecule has 0 aromatic heterocycles. The van der Waals surface area contributed by atoms with E-state index in [0.717, 1.165) is 73.6 Å². The second kappa shape index (κ2) is 12.9. The van der Waals surface area contributed by atoms with E-state index >= 15 is 0 Å². The fraction of sp³-hybridized carbons (Fsp3) is 0.586. The molecule has 0 heterocycles. The first-order valence-corrected chi connectivity index (χ1v) is 13.9. The second-order valence-electron chi connectivity index (χ2n) is 10.5. The van der Waals surface area contributed by atoms with Gasteiger partial charge in [0.25, 0.3) is 11.4 Å². The van der Waals surface area contributed by atoms with Crippen molar-refractivity contribution < 1.29 is 9.85 Å². The molecule has 0 unspecified atom stereocenters. The highest BCUT2D eigenvalue weighted by Gasteiger charge is 2.45. The van der Waals surface area contributed by atoms with Crippen LogP contribution in [0.2, 0.25) is 0 Å². The molecule has 8 nitrogen and oxygen atoms in total. The van der Waals surface area contributed by atoms with Crippen molar-refractivity contribution in [2.24, 2.45) is 0 Å². The van der Waals surface area contributed by atoms with Crippen molar-refractivity contribution in [2.75, 3.05) is 11.5 Å². The van der Waals surface area contributed by atoms with E-state index in [4.69, 9.17) is 11.5 Å². The lowest BCUT2D eigenvalue weighted by molar-refractivity contribution is -0.384. The zero-order chi connectivity index (χ0) is 27.0. The van der Waals surface area contributed by atoms with Gasteiger partial charge < -0.3 is 11.5 Å². The fourth-order valence-electron chi connectivity index (χ4n) is 5.99. The van der Waals surface area contributed by atoms with Gasteiger partial charge in [-0.05, 0) is 47.2 Å². The Kier molecular flexibility index (Phi) is 9.89. The molecule has 0 saturated heterocycles. The molecule has 0 aliphatic heterocycles. The normalized spacial score (nSPS) is 13.4. The molecule has 37 heavy (non-hydrogen) atoms. The van der Waals surface area contributed by atoms with Crippen LogP contribution in [0.15, 0.2) is 24.3 Å². The molecule has 0 amide bonds. The number of hydrogen-bond acceptors (Lipinski definition) is 6. The van der Waals surface area contributed by atoms with Gasteiger partial charge in [-0.2, -0.15) is 0 Å². The molecule has 8 heteroatoms. The molecule has 2 aromatic carbocycles. The number of fused-ring (bicyclic) bond motifs is 3. The highest BCUT2D eigenvalue weighted by atomic mass is 16.6. The Bertz CT molecular complexity index is 1030. The quantitative estimate of drug-likeness (QED) is 0.100. The maximum absolute atomic E-state index is 11.8. The molecular weight excluding hydrogens is 468 g/mol. The second-order valence-corrected chi connectivity index (χ2v) is 10.5. The van der Waals surface area contributed by atoms with Crippen LogP contribution < -0.4 is 11.5 Å². The molecule has 3 rings (SSSR count). The Morgan fingerprint density at radius 3 is 1.32 bits per heavy atom. The molecule has 0 fully saturated rings. The van der Waals surface area contributed by atoms with Crippen LogP contribution in [0.4, 0.5) is 22.7 Å². The Morgan fingerprint density at radius 2 is 0.973 bits per heavy atom. The van der Waals surface area contributed by atoms with Crippen molar-refractivity contribution in [1.29, 1.82) is 0 Å². The summed E-state index contributed by atoms with van der Waals surface area (Å²) < 4.78 is 0. The predicted molar refractivity (Wildman–Crippen MR) is 151 cm³/mol. The average molecular weight is 511 g/mol. The Labute approximate surface area is 220 Å². The van der Waals surface area contributed by atoms with Crippen LogP contribution in [0.5, 0.6) is 0 Å². The van der Waals surface area contributed by atoms with E-state index in [0.29, 0.717) is 0 Å². The summed E-state index contributed by atoms with van der Waals surface area (Å²) in [7, 11) is 0. The topological polar surface area (TPSA) is 138 Å². The van der Waals surface area contributed by atoms with Crippen molar-refractivity contribution in [3.8, 4) is 11.1 Å². The van der Waals surface area contributed by atoms with Crippen LogP contribution in [-0.4, -0.2) is 9.85 Å². The lowest BCUT2D eigenvalue weighted by atomic mass is 9.70. The zero-order valence-electron chi connectivity index (χ0n) is 22.4. The van der Waals surface area contributed by atoms with E-state index in [-0.39, 0.29) is 22.7 Å². The molecule has 0 bridgehead atoms. The standard InChI is InChI=1S/C29H42N4O4/c1-3-5-7-9-11-13-15-29(16-14-12-10-8-6-4-2)23-19-27(32(34)35)25(30)17-21(23)22-18-26(31)28(33(36)37)20-24(22)29/h17-20H,3-16,30-31H2,1-2H3. The summed E-state index contributed by atoms with van der Waals surface area (Å²) in [4.78, 5) is 22.8. The minimum absolute atomic E-state index is 0.0987. The molecule has 0 spiro atoms. The van der Waals surface area contributed by atoms with Crippen molar-refractivity contribution in [2.45, 2.75) is 109 Å². The van der Waals surface area contributed by atoms with E-state index in [9.17, 15) is 20.2 Å². The summed E-state index contributed by atoms with van der Waals surface area (Å²) in [5, 5.41) is 23.7. The summed E-state index contributed by atoms with van der Waals surface area (Å²) in [6.07, 6.45) is 15.1. The van der Waals surface area contributed by atoms with Gasteiger partial charge in [0.2, 0.25) is 0 Å². The largest absolute Gasteiger partial charge is 0.393 e. The van der Waals surface area contributed by atoms with E-state index < -0.39 is 15.3 Å². The van der Waals surface area contributed by atoms with Crippen molar-refractivity contribution in [1.82, 2.24) is 0 Å². The van der Waals surface area contributed by atoms with E-state index in [1.807, 2.05) is 0 Å². The molecule has 1 aliphatic carbocycles. The monoisotopic (exact) mass is 510 g/mol. The van der Waals surface area contributed by atoms with Gasteiger partial charge in [0.1, 0.15) is 11.4 Å². The first-order chi connectivity index (χ1) is 17.8. The smallest absolute Gasteiger partial charge is 0.292 e. The third-order valence-electron chi connectivity index (χ3n) is 7.96. The summed E-state index contributed by atoms with van der Waals surface area (Å²) in [5.41, 5.74) is 15.0. The predicted octanol–water partition coefficient (Wildman–Crippen LogP) is 8.44. The summed E-state index contributed by atoms with van der Waals surface area (Å²) >= 11 is 0. The minimum atomic E-state index is -0.531. The first-order valence-electron chi connectivity index (χ1n) is 13.9. The lowest BCUT2D eigenvalue weighted by Gasteiger charge is -2.32. The van der Waals surface area contributed by atoms with Gasteiger partial charge in [0.15, 0.2) is 0 Å².